The minimum absolute atomic E-state index is 0.753. The molecule has 1 aliphatic rings. The Bertz CT molecular complexity index is 416. The highest BCUT2D eigenvalue weighted by molar-refractivity contribution is 5.42. The van der Waals surface area contributed by atoms with E-state index in [1.54, 1.807) is 4.68 Å². The fourth-order valence-corrected chi connectivity index (χ4v) is 2.79. The lowest BCUT2D eigenvalue weighted by Crippen LogP contribution is -2.46. The van der Waals surface area contributed by atoms with Crippen LogP contribution in [0.25, 0.3) is 0 Å². The van der Waals surface area contributed by atoms with Crippen LogP contribution in [0.5, 0.6) is 0 Å². The number of nitrogens with zero attached hydrogens (tertiary/aromatic N) is 4. The summed E-state index contributed by atoms with van der Waals surface area (Å²) in [6.45, 7) is 13.3. The van der Waals surface area contributed by atoms with E-state index in [4.69, 9.17) is 5.73 Å². The van der Waals surface area contributed by atoms with E-state index >= 15 is 0 Å². The summed E-state index contributed by atoms with van der Waals surface area (Å²) >= 11 is 0. The first-order valence-electron chi connectivity index (χ1n) is 7.20. The predicted molar refractivity (Wildman–Crippen MR) is 78.9 cm³/mol. The Labute approximate surface area is 116 Å². The quantitative estimate of drug-likeness (QED) is 0.885. The van der Waals surface area contributed by atoms with Gasteiger partial charge >= 0.3 is 0 Å². The molecule has 0 bridgehead atoms. The van der Waals surface area contributed by atoms with Gasteiger partial charge < -0.3 is 10.6 Å². The van der Waals surface area contributed by atoms with Gasteiger partial charge in [0.05, 0.1) is 5.69 Å². The molecule has 0 aromatic carbocycles. The minimum atomic E-state index is 0.753. The number of rotatable bonds is 4. The summed E-state index contributed by atoms with van der Waals surface area (Å²) in [5, 5.41) is 4.38. The van der Waals surface area contributed by atoms with Crippen molar-refractivity contribution in [3.05, 3.63) is 11.3 Å². The van der Waals surface area contributed by atoms with Gasteiger partial charge in [0, 0.05) is 51.9 Å². The smallest absolute Gasteiger partial charge is 0.126 e. The second-order valence-corrected chi connectivity index (χ2v) is 6.04. The van der Waals surface area contributed by atoms with E-state index in [-0.39, 0.29) is 0 Å². The van der Waals surface area contributed by atoms with Gasteiger partial charge in [-0.15, -0.1) is 0 Å². The molecule has 0 radical (unpaired) electrons. The van der Waals surface area contributed by atoms with Crippen molar-refractivity contribution in [2.75, 3.05) is 38.5 Å². The zero-order chi connectivity index (χ0) is 14.0. The highest BCUT2D eigenvalue weighted by Crippen LogP contribution is 2.18. The summed E-state index contributed by atoms with van der Waals surface area (Å²) in [4.78, 5) is 5.04. The summed E-state index contributed by atoms with van der Waals surface area (Å²) < 4.78 is 1.78. The predicted octanol–water partition coefficient (Wildman–Crippen LogP) is 1.08. The molecule has 2 rings (SSSR count). The molecule has 0 atom stereocenters. The van der Waals surface area contributed by atoms with Gasteiger partial charge in [0.25, 0.3) is 0 Å². The molecule has 2 heterocycles. The number of piperazine rings is 1. The minimum Gasteiger partial charge on any atom is -0.384 e. The Kier molecular flexibility index (Phi) is 4.47. The Hall–Kier alpha value is -1.07. The largest absolute Gasteiger partial charge is 0.384 e. The van der Waals surface area contributed by atoms with Gasteiger partial charge in [0.1, 0.15) is 5.82 Å². The second kappa shape index (κ2) is 5.92. The third kappa shape index (κ3) is 3.48. The number of nitrogens with two attached hydrogens (primary N) is 1. The van der Waals surface area contributed by atoms with Crippen molar-refractivity contribution in [2.24, 2.45) is 13.0 Å². The molecule has 5 nitrogen and oxygen atoms in total. The van der Waals surface area contributed by atoms with Crippen LogP contribution in [0.15, 0.2) is 0 Å². The maximum Gasteiger partial charge on any atom is 0.126 e. The van der Waals surface area contributed by atoms with Crippen LogP contribution in [-0.2, 0) is 13.6 Å². The molecule has 19 heavy (non-hydrogen) atoms. The molecule has 1 saturated heterocycles. The number of anilines is 1. The van der Waals surface area contributed by atoms with Crippen molar-refractivity contribution in [1.82, 2.24) is 19.6 Å². The molecule has 1 aromatic heterocycles. The molecule has 0 amide bonds. The van der Waals surface area contributed by atoms with Crippen LogP contribution >= 0.6 is 0 Å². The van der Waals surface area contributed by atoms with E-state index in [1.807, 2.05) is 14.0 Å². The van der Waals surface area contributed by atoms with E-state index in [1.165, 1.54) is 12.1 Å². The Balaban J connectivity index is 1.89. The molecule has 5 heteroatoms. The third-order valence-corrected chi connectivity index (χ3v) is 3.86. The monoisotopic (exact) mass is 265 g/mol. The molecule has 1 fully saturated rings. The summed E-state index contributed by atoms with van der Waals surface area (Å²) in [5.74, 6) is 1.56. The molecule has 0 unspecified atom stereocenters. The van der Waals surface area contributed by atoms with Gasteiger partial charge in [-0.1, -0.05) is 13.8 Å². The van der Waals surface area contributed by atoms with Gasteiger partial charge in [-0.2, -0.15) is 5.10 Å². The molecular formula is C14H27N5. The first-order valence-corrected chi connectivity index (χ1v) is 7.20. The Morgan fingerprint density at radius 3 is 2.21 bits per heavy atom. The van der Waals surface area contributed by atoms with Crippen LogP contribution in [0.2, 0.25) is 0 Å². The van der Waals surface area contributed by atoms with Gasteiger partial charge in [-0.25, -0.2) is 0 Å². The maximum absolute atomic E-state index is 6.08. The number of hydrogen-bond donors (Lipinski definition) is 1. The van der Waals surface area contributed by atoms with Crippen LogP contribution in [-0.4, -0.2) is 52.3 Å². The average Bonchev–Trinajstić information content (AvgIpc) is 2.58. The SMILES string of the molecule is Cc1nn(C)c(N)c1CN1CCN(CC(C)C)CC1. The number of aromatic nitrogens is 2. The van der Waals surface area contributed by atoms with Crippen LogP contribution in [0, 0.1) is 12.8 Å². The first kappa shape index (κ1) is 14.3. The Morgan fingerprint density at radius 2 is 1.74 bits per heavy atom. The van der Waals surface area contributed by atoms with E-state index in [9.17, 15) is 0 Å². The van der Waals surface area contributed by atoms with E-state index in [0.29, 0.717) is 0 Å². The number of aryl methyl sites for hydroxylation is 2. The fourth-order valence-electron chi connectivity index (χ4n) is 2.79. The van der Waals surface area contributed by atoms with Crippen molar-refractivity contribution < 1.29 is 0 Å². The fraction of sp³-hybridized carbons (Fsp3) is 0.786. The highest BCUT2D eigenvalue weighted by Gasteiger charge is 2.20. The summed E-state index contributed by atoms with van der Waals surface area (Å²) in [5.41, 5.74) is 8.33. The molecule has 2 N–H and O–H groups in total. The molecule has 108 valence electrons. The summed E-state index contributed by atoms with van der Waals surface area (Å²) in [6.07, 6.45) is 0. The zero-order valence-electron chi connectivity index (χ0n) is 12.7. The van der Waals surface area contributed by atoms with Crippen molar-refractivity contribution in [1.29, 1.82) is 0 Å². The third-order valence-electron chi connectivity index (χ3n) is 3.86. The van der Waals surface area contributed by atoms with Crippen molar-refractivity contribution >= 4 is 5.82 Å². The Morgan fingerprint density at radius 1 is 1.16 bits per heavy atom. The van der Waals surface area contributed by atoms with Crippen molar-refractivity contribution in [2.45, 2.75) is 27.3 Å². The zero-order valence-corrected chi connectivity index (χ0v) is 12.7. The first-order chi connectivity index (χ1) is 8.97. The van der Waals surface area contributed by atoms with Crippen LogP contribution < -0.4 is 5.73 Å². The number of hydrogen-bond acceptors (Lipinski definition) is 4. The van der Waals surface area contributed by atoms with Crippen molar-refractivity contribution in [3.8, 4) is 0 Å². The summed E-state index contributed by atoms with van der Waals surface area (Å²) in [7, 11) is 1.91. The van der Waals surface area contributed by atoms with Gasteiger partial charge in [-0.3, -0.25) is 9.58 Å². The lowest BCUT2D eigenvalue weighted by molar-refractivity contribution is 0.117. The molecular weight excluding hydrogens is 238 g/mol. The topological polar surface area (TPSA) is 50.3 Å². The lowest BCUT2D eigenvalue weighted by Gasteiger charge is -2.35. The van der Waals surface area contributed by atoms with Crippen LogP contribution in [0.1, 0.15) is 25.1 Å². The number of nitrogen functional groups attached to an aromatic ring is 1. The van der Waals surface area contributed by atoms with Crippen LogP contribution in [0.3, 0.4) is 0 Å². The molecule has 0 saturated carbocycles. The lowest BCUT2D eigenvalue weighted by atomic mass is 10.1. The van der Waals surface area contributed by atoms with Gasteiger partial charge in [0.2, 0.25) is 0 Å². The standard InChI is InChI=1S/C14H27N5/c1-11(2)9-18-5-7-19(8-6-18)10-13-12(3)16-17(4)14(13)15/h11H,5-10,15H2,1-4H3. The van der Waals surface area contributed by atoms with Gasteiger partial charge in [-0.05, 0) is 12.8 Å². The molecule has 0 spiro atoms. The highest BCUT2D eigenvalue weighted by atomic mass is 15.3. The van der Waals surface area contributed by atoms with Crippen molar-refractivity contribution in [3.63, 3.8) is 0 Å². The average molecular weight is 265 g/mol. The van der Waals surface area contributed by atoms with E-state index < -0.39 is 0 Å². The van der Waals surface area contributed by atoms with E-state index in [2.05, 4.69) is 28.7 Å². The maximum atomic E-state index is 6.08. The normalized spacial score (nSPS) is 18.4. The molecule has 1 aromatic rings. The van der Waals surface area contributed by atoms with Crippen LogP contribution in [0.4, 0.5) is 5.82 Å². The molecule has 1 aliphatic heterocycles. The molecule has 0 aliphatic carbocycles. The summed E-state index contributed by atoms with van der Waals surface area (Å²) in [6, 6.07) is 0. The second-order valence-electron chi connectivity index (χ2n) is 6.04. The van der Waals surface area contributed by atoms with Gasteiger partial charge in [0.15, 0.2) is 0 Å². The van der Waals surface area contributed by atoms with E-state index in [0.717, 1.165) is 50.2 Å².